The molecule has 0 aromatic heterocycles. The predicted molar refractivity (Wildman–Crippen MR) is 116 cm³/mol. The van der Waals surface area contributed by atoms with Gasteiger partial charge in [0.05, 0.1) is 34.7 Å². The molecule has 0 atom stereocenters. The maximum atomic E-state index is 12.0. The van der Waals surface area contributed by atoms with Gasteiger partial charge in [-0.15, -0.1) is 0 Å². The average molecular weight is 445 g/mol. The van der Waals surface area contributed by atoms with Crippen LogP contribution in [0.1, 0.15) is 11.1 Å². The molecule has 1 amide bonds. The largest absolute Gasteiger partial charge is 0.502 e. The quantitative estimate of drug-likeness (QED) is 0.281. The van der Waals surface area contributed by atoms with Crippen molar-refractivity contribution in [2.45, 2.75) is 0 Å². The first-order valence-electron chi connectivity index (χ1n) is 9.10. The number of rotatable bonds is 10. The van der Waals surface area contributed by atoms with Gasteiger partial charge in [0.25, 0.3) is 0 Å². The Hall–Kier alpha value is -4.28. The van der Waals surface area contributed by atoms with E-state index in [4.69, 9.17) is 18.9 Å². The molecule has 32 heavy (non-hydrogen) atoms. The van der Waals surface area contributed by atoms with Crippen LogP contribution in [0.4, 0.5) is 0 Å². The summed E-state index contributed by atoms with van der Waals surface area (Å²) in [7, 11) is 5.52. The summed E-state index contributed by atoms with van der Waals surface area (Å²) in [5.74, 6) is -1.46. The highest BCUT2D eigenvalue weighted by Crippen LogP contribution is 2.37. The normalized spacial score (nSPS) is 10.9. The van der Waals surface area contributed by atoms with Gasteiger partial charge in [-0.05, 0) is 29.8 Å². The fourth-order valence-corrected chi connectivity index (χ4v) is 2.51. The summed E-state index contributed by atoms with van der Waals surface area (Å²) in [4.78, 5) is 27.8. The number of carbonyl (C=O) groups excluding carboxylic acids is 2. The smallest absolute Gasteiger partial charge is 0.309 e. The summed E-state index contributed by atoms with van der Waals surface area (Å²) in [6.07, 6.45) is 2.60. The second-order valence-corrected chi connectivity index (χ2v) is 6.14. The number of phenolic OH excluding ortho intramolecular Hbond substituents is 2. The summed E-state index contributed by atoms with van der Waals surface area (Å²) in [5, 5.41) is 23.5. The van der Waals surface area contributed by atoms with Gasteiger partial charge < -0.3 is 29.2 Å². The fraction of sp³-hybridized carbons (Fsp3) is 0.238. The minimum atomic E-state index is -0.961. The van der Waals surface area contributed by atoms with Gasteiger partial charge in [0.2, 0.25) is 17.3 Å². The summed E-state index contributed by atoms with van der Waals surface area (Å²) < 4.78 is 20.1. The Morgan fingerprint density at radius 1 is 0.812 bits per heavy atom. The number of methoxy groups -OCH3 is 4. The first kappa shape index (κ1) is 24.0. The third-order valence-electron chi connectivity index (χ3n) is 4.11. The number of amides is 1. The monoisotopic (exact) mass is 445 g/mol. The van der Waals surface area contributed by atoms with Crippen molar-refractivity contribution >= 4 is 24.1 Å². The maximum Gasteiger partial charge on any atom is 0.309 e. The van der Waals surface area contributed by atoms with E-state index in [1.54, 1.807) is 0 Å². The first-order valence-corrected chi connectivity index (χ1v) is 9.10. The Morgan fingerprint density at radius 2 is 1.22 bits per heavy atom. The molecule has 0 saturated carbocycles. The number of benzene rings is 2. The Kier molecular flexibility index (Phi) is 8.40. The molecule has 2 aromatic carbocycles. The number of aliphatic imine (C=N–C) groups is 1. The van der Waals surface area contributed by atoms with Crippen LogP contribution in [-0.2, 0) is 9.59 Å². The molecule has 0 aliphatic carbocycles. The molecule has 0 unspecified atom stereocenters. The zero-order valence-electron chi connectivity index (χ0n) is 17.9. The highest BCUT2D eigenvalue weighted by molar-refractivity contribution is 6.37. The van der Waals surface area contributed by atoms with Crippen LogP contribution in [0.5, 0.6) is 34.5 Å². The first-order chi connectivity index (χ1) is 15.3. The molecule has 2 aromatic rings. The zero-order chi connectivity index (χ0) is 23.7. The van der Waals surface area contributed by atoms with E-state index in [2.05, 4.69) is 15.5 Å². The summed E-state index contributed by atoms with van der Waals surface area (Å²) in [6.45, 7) is -0.423. The SMILES string of the molecule is COc1cc(C=NCC(=O)C(=O)N/N=C/c2cc(OC)c(O)c(OC)c2)cc(OC)c1O. The van der Waals surface area contributed by atoms with Crippen LogP contribution >= 0.6 is 0 Å². The molecule has 0 aliphatic rings. The van der Waals surface area contributed by atoms with Crippen molar-refractivity contribution in [3.8, 4) is 34.5 Å². The van der Waals surface area contributed by atoms with Crippen molar-refractivity contribution in [1.82, 2.24) is 5.43 Å². The predicted octanol–water partition coefficient (Wildman–Crippen LogP) is 1.27. The van der Waals surface area contributed by atoms with Gasteiger partial charge >= 0.3 is 5.91 Å². The van der Waals surface area contributed by atoms with Crippen molar-refractivity contribution in [2.24, 2.45) is 10.1 Å². The lowest BCUT2D eigenvalue weighted by Crippen LogP contribution is -2.28. The molecule has 0 aliphatic heterocycles. The number of Topliss-reactive ketones (excluding diaryl/α,β-unsaturated/α-hetero) is 1. The zero-order valence-corrected chi connectivity index (χ0v) is 17.9. The Bertz CT molecular complexity index is 916. The molecule has 11 nitrogen and oxygen atoms in total. The van der Waals surface area contributed by atoms with E-state index in [1.165, 1.54) is 65.1 Å². The number of aromatic hydroxyl groups is 2. The number of nitrogens with zero attached hydrogens (tertiary/aromatic N) is 2. The number of ketones is 1. The number of nitrogens with one attached hydrogen (secondary N) is 1. The molecule has 2 rings (SSSR count). The van der Waals surface area contributed by atoms with Crippen LogP contribution in [0.3, 0.4) is 0 Å². The van der Waals surface area contributed by atoms with E-state index in [1.807, 2.05) is 0 Å². The molecular formula is C21H23N3O8. The van der Waals surface area contributed by atoms with Gasteiger partial charge in [-0.3, -0.25) is 14.6 Å². The van der Waals surface area contributed by atoms with E-state index in [0.29, 0.717) is 11.1 Å². The standard InChI is InChI=1S/C21H23N3O8/c1-29-15-5-12(6-16(30-2)19(15)26)9-22-11-14(25)21(28)24-23-10-13-7-17(31-3)20(27)18(8-13)32-4/h5-10,26-27H,11H2,1-4H3,(H,24,28)/b22-9?,23-10+. The van der Waals surface area contributed by atoms with Gasteiger partial charge in [0.1, 0.15) is 6.54 Å². The van der Waals surface area contributed by atoms with Crippen LogP contribution in [0, 0.1) is 0 Å². The van der Waals surface area contributed by atoms with Gasteiger partial charge in [0.15, 0.2) is 23.0 Å². The van der Waals surface area contributed by atoms with Crippen LogP contribution in [0.2, 0.25) is 0 Å². The third-order valence-corrected chi connectivity index (χ3v) is 4.11. The highest BCUT2D eigenvalue weighted by Gasteiger charge is 2.13. The molecule has 11 heteroatoms. The second-order valence-electron chi connectivity index (χ2n) is 6.14. The van der Waals surface area contributed by atoms with Gasteiger partial charge in [0, 0.05) is 11.8 Å². The van der Waals surface area contributed by atoms with Crippen molar-refractivity contribution in [3.05, 3.63) is 35.4 Å². The van der Waals surface area contributed by atoms with Crippen LogP contribution in [-0.4, -0.2) is 69.3 Å². The van der Waals surface area contributed by atoms with Gasteiger partial charge in [-0.2, -0.15) is 5.10 Å². The summed E-state index contributed by atoms with van der Waals surface area (Å²) in [6, 6.07) is 5.94. The minimum absolute atomic E-state index is 0.157. The van der Waals surface area contributed by atoms with Crippen molar-refractivity contribution in [1.29, 1.82) is 0 Å². The number of hydrazone groups is 1. The maximum absolute atomic E-state index is 12.0. The second kappa shape index (κ2) is 11.2. The summed E-state index contributed by atoms with van der Waals surface area (Å²) >= 11 is 0. The van der Waals surface area contributed by atoms with Gasteiger partial charge in [-0.25, -0.2) is 5.43 Å². The number of phenols is 2. The number of hydrogen-bond acceptors (Lipinski definition) is 10. The number of hydrogen-bond donors (Lipinski definition) is 3. The van der Waals surface area contributed by atoms with Crippen molar-refractivity contribution in [3.63, 3.8) is 0 Å². The molecular weight excluding hydrogens is 422 g/mol. The van der Waals surface area contributed by atoms with Gasteiger partial charge in [-0.1, -0.05) is 0 Å². The molecule has 0 spiro atoms. The lowest BCUT2D eigenvalue weighted by atomic mass is 10.2. The highest BCUT2D eigenvalue weighted by atomic mass is 16.5. The van der Waals surface area contributed by atoms with Crippen LogP contribution < -0.4 is 24.4 Å². The topological polar surface area (TPSA) is 148 Å². The van der Waals surface area contributed by atoms with E-state index in [-0.39, 0.29) is 34.5 Å². The Morgan fingerprint density at radius 3 is 1.62 bits per heavy atom. The Labute approximate surface area is 183 Å². The average Bonchev–Trinajstić information content (AvgIpc) is 2.80. The van der Waals surface area contributed by atoms with Crippen molar-refractivity contribution < 1.29 is 38.7 Å². The fourth-order valence-electron chi connectivity index (χ4n) is 2.51. The van der Waals surface area contributed by atoms with Crippen molar-refractivity contribution in [2.75, 3.05) is 35.0 Å². The molecule has 170 valence electrons. The molecule has 0 bridgehead atoms. The van der Waals surface area contributed by atoms with E-state index in [0.717, 1.165) is 0 Å². The lowest BCUT2D eigenvalue weighted by Gasteiger charge is -2.09. The molecule has 0 heterocycles. The summed E-state index contributed by atoms with van der Waals surface area (Å²) in [5.41, 5.74) is 3.06. The van der Waals surface area contributed by atoms with E-state index in [9.17, 15) is 19.8 Å². The van der Waals surface area contributed by atoms with E-state index < -0.39 is 18.2 Å². The minimum Gasteiger partial charge on any atom is -0.502 e. The molecule has 0 fully saturated rings. The Balaban J connectivity index is 1.99. The number of ether oxygens (including phenoxy) is 4. The molecule has 0 radical (unpaired) electrons. The molecule has 3 N–H and O–H groups in total. The lowest BCUT2D eigenvalue weighted by molar-refractivity contribution is -0.137. The third kappa shape index (κ3) is 5.88. The van der Waals surface area contributed by atoms with Crippen LogP contribution in [0.25, 0.3) is 0 Å². The number of carbonyl (C=O) groups is 2. The van der Waals surface area contributed by atoms with Crippen LogP contribution in [0.15, 0.2) is 34.4 Å². The molecule has 0 saturated heterocycles. The van der Waals surface area contributed by atoms with E-state index >= 15 is 0 Å².